The van der Waals surface area contributed by atoms with Crippen LogP contribution in [0.5, 0.6) is 17.2 Å². The molecule has 252 valence electrons. The lowest BCUT2D eigenvalue weighted by atomic mass is 9.85. The first-order valence-electron chi connectivity index (χ1n) is 16.2. The summed E-state index contributed by atoms with van der Waals surface area (Å²) in [5, 5.41) is 5.73. The van der Waals surface area contributed by atoms with Crippen LogP contribution in [0.2, 0.25) is 0 Å². The predicted octanol–water partition coefficient (Wildman–Crippen LogP) is 6.68. The number of hydrogen-bond donors (Lipinski definition) is 1. The number of ether oxygens (including phenoxy) is 7. The smallest absolute Gasteiger partial charge is 0.127 e. The summed E-state index contributed by atoms with van der Waals surface area (Å²) < 4.78 is 54.4. The summed E-state index contributed by atoms with van der Waals surface area (Å²) in [7, 11) is 4.93. The molecule has 47 heavy (non-hydrogen) atoms. The van der Waals surface area contributed by atoms with Gasteiger partial charge in [-0.05, 0) is 53.3 Å². The number of benzene rings is 4. The van der Waals surface area contributed by atoms with Crippen LogP contribution in [-0.2, 0) is 32.2 Å². The number of hydrogen-bond acceptors (Lipinski definition) is 8. The van der Waals surface area contributed by atoms with Crippen molar-refractivity contribution in [1.82, 2.24) is 5.32 Å². The van der Waals surface area contributed by atoms with Crippen LogP contribution in [0, 0.1) is 5.82 Å². The Balaban J connectivity index is 1.19. The van der Waals surface area contributed by atoms with Crippen molar-refractivity contribution in [3.05, 3.63) is 101 Å². The van der Waals surface area contributed by atoms with Crippen LogP contribution in [0.1, 0.15) is 35.4 Å². The molecule has 1 aliphatic heterocycles. The van der Waals surface area contributed by atoms with Gasteiger partial charge in [0.15, 0.2) is 0 Å². The summed E-state index contributed by atoms with van der Waals surface area (Å²) in [5.41, 5.74) is 3.02. The molecule has 1 aliphatic rings. The molecule has 3 atom stereocenters. The Bertz CT molecular complexity index is 1530. The number of rotatable bonds is 18. The number of fused-ring (bicyclic) bond motifs is 1. The summed E-state index contributed by atoms with van der Waals surface area (Å²) >= 11 is 0. The highest BCUT2D eigenvalue weighted by molar-refractivity contribution is 5.89. The van der Waals surface area contributed by atoms with E-state index < -0.39 is 0 Å². The van der Waals surface area contributed by atoms with Gasteiger partial charge in [0, 0.05) is 62.8 Å². The number of nitrogens with one attached hydrogen (secondary N) is 1. The average molecular weight is 648 g/mol. The van der Waals surface area contributed by atoms with Crippen LogP contribution in [0.4, 0.5) is 4.39 Å². The Hall–Kier alpha value is -3.73. The van der Waals surface area contributed by atoms with Crippen molar-refractivity contribution in [2.45, 2.75) is 44.2 Å². The Morgan fingerprint density at radius 1 is 0.723 bits per heavy atom. The highest BCUT2D eigenvalue weighted by atomic mass is 19.1. The number of methoxy groups -OCH3 is 3. The first-order chi connectivity index (χ1) is 23.1. The largest absolute Gasteiger partial charge is 0.496 e. The highest BCUT2D eigenvalue weighted by Crippen LogP contribution is 2.33. The van der Waals surface area contributed by atoms with Crippen molar-refractivity contribution >= 4 is 10.8 Å². The van der Waals surface area contributed by atoms with Gasteiger partial charge >= 0.3 is 0 Å². The molecule has 0 unspecified atom stereocenters. The van der Waals surface area contributed by atoms with Gasteiger partial charge in [-0.25, -0.2) is 4.39 Å². The van der Waals surface area contributed by atoms with E-state index in [-0.39, 0.29) is 23.9 Å². The van der Waals surface area contributed by atoms with E-state index in [4.69, 9.17) is 33.2 Å². The topological polar surface area (TPSA) is 76.6 Å². The molecule has 0 aromatic heterocycles. The van der Waals surface area contributed by atoms with Gasteiger partial charge in [0.25, 0.3) is 0 Å². The monoisotopic (exact) mass is 647 g/mol. The summed E-state index contributed by atoms with van der Waals surface area (Å²) in [6.07, 6.45) is 1.39. The lowest BCUT2D eigenvalue weighted by molar-refractivity contribution is -0.0622. The maximum Gasteiger partial charge on any atom is 0.127 e. The van der Waals surface area contributed by atoms with Gasteiger partial charge in [-0.1, -0.05) is 42.5 Å². The molecule has 0 radical (unpaired) electrons. The average Bonchev–Trinajstić information content (AvgIpc) is 3.11. The molecule has 1 heterocycles. The Kier molecular flexibility index (Phi) is 13.2. The highest BCUT2D eigenvalue weighted by Gasteiger charge is 2.36. The predicted molar refractivity (Wildman–Crippen MR) is 180 cm³/mol. The second-order valence-corrected chi connectivity index (χ2v) is 11.6. The molecule has 0 bridgehead atoms. The fourth-order valence-electron chi connectivity index (χ4n) is 6.00. The lowest BCUT2D eigenvalue weighted by Crippen LogP contribution is -2.50. The summed E-state index contributed by atoms with van der Waals surface area (Å²) in [5.74, 6) is 1.82. The van der Waals surface area contributed by atoms with Crippen molar-refractivity contribution in [3.63, 3.8) is 0 Å². The molecule has 1 saturated heterocycles. The van der Waals surface area contributed by atoms with Crippen LogP contribution in [-0.4, -0.2) is 73.1 Å². The molecule has 1 fully saturated rings. The van der Waals surface area contributed by atoms with Gasteiger partial charge in [0.1, 0.15) is 23.1 Å². The molecule has 0 aliphatic carbocycles. The van der Waals surface area contributed by atoms with Crippen LogP contribution in [0.3, 0.4) is 0 Å². The zero-order valence-electron chi connectivity index (χ0n) is 27.5. The quantitative estimate of drug-likeness (QED) is 0.120. The van der Waals surface area contributed by atoms with Crippen LogP contribution in [0.25, 0.3) is 10.8 Å². The van der Waals surface area contributed by atoms with Crippen LogP contribution in [0.15, 0.2) is 78.9 Å². The van der Waals surface area contributed by atoms with Crippen LogP contribution >= 0.6 is 0 Å². The summed E-state index contributed by atoms with van der Waals surface area (Å²) in [6, 6.07) is 25.1. The lowest BCUT2D eigenvalue weighted by Gasteiger charge is -2.39. The molecule has 0 spiro atoms. The van der Waals surface area contributed by atoms with E-state index in [1.54, 1.807) is 20.3 Å². The standard InChI is InChI=1S/C38H46FNO7/c1-41-16-6-19-46-36-23-40-24-37(47-25-27-20-29-8-4-5-9-33(29)35(21-27)43-3)38(36)28-11-14-32(15-12-28)45-18-7-17-44-26-30-10-13-31(39)22-34(30)42-2/h4-5,8-15,20-22,36-38,40H,6-7,16-19,23-26H2,1-3H3/t36-,37+,38-/m1/s1. The van der Waals surface area contributed by atoms with E-state index >= 15 is 0 Å². The minimum absolute atomic E-state index is 0.0343. The minimum atomic E-state index is -0.333. The van der Waals surface area contributed by atoms with Gasteiger partial charge in [0.2, 0.25) is 0 Å². The fourth-order valence-corrected chi connectivity index (χ4v) is 6.00. The molecule has 9 heteroatoms. The minimum Gasteiger partial charge on any atom is -0.496 e. The van der Waals surface area contributed by atoms with Gasteiger partial charge in [-0.3, -0.25) is 0 Å². The number of piperidine rings is 1. The van der Waals surface area contributed by atoms with E-state index in [0.29, 0.717) is 51.8 Å². The van der Waals surface area contributed by atoms with Crippen molar-refractivity contribution in [2.75, 3.05) is 60.8 Å². The van der Waals surface area contributed by atoms with Gasteiger partial charge < -0.3 is 38.5 Å². The molecule has 1 N–H and O–H groups in total. The Labute approximate surface area is 277 Å². The molecular weight excluding hydrogens is 601 g/mol. The maximum atomic E-state index is 13.4. The maximum absolute atomic E-state index is 13.4. The van der Waals surface area contributed by atoms with E-state index in [2.05, 4.69) is 41.7 Å². The van der Waals surface area contributed by atoms with Crippen molar-refractivity contribution in [1.29, 1.82) is 0 Å². The second-order valence-electron chi connectivity index (χ2n) is 11.6. The van der Waals surface area contributed by atoms with Crippen molar-refractivity contribution < 1.29 is 37.5 Å². The second kappa shape index (κ2) is 18.0. The van der Waals surface area contributed by atoms with Crippen molar-refractivity contribution in [3.8, 4) is 17.2 Å². The third-order valence-corrected chi connectivity index (χ3v) is 8.36. The third kappa shape index (κ3) is 9.65. The number of halogens is 1. The van der Waals surface area contributed by atoms with E-state index in [0.717, 1.165) is 58.5 Å². The normalized spacial score (nSPS) is 17.9. The van der Waals surface area contributed by atoms with Gasteiger partial charge in [0.05, 0.1) is 52.9 Å². The molecule has 4 aromatic carbocycles. The zero-order chi connectivity index (χ0) is 32.8. The van der Waals surface area contributed by atoms with E-state index in [9.17, 15) is 4.39 Å². The summed E-state index contributed by atoms with van der Waals surface area (Å²) in [4.78, 5) is 0. The first kappa shape index (κ1) is 34.6. The molecule has 0 amide bonds. The SMILES string of the molecule is COCCCO[C@@H]1CNC[C@H](OCc2cc(OC)c3ccccc3c2)[C@@H]1c1ccc(OCCCOCc2ccc(F)cc2OC)cc1. The van der Waals surface area contributed by atoms with Gasteiger partial charge in [-0.2, -0.15) is 0 Å². The van der Waals surface area contributed by atoms with E-state index in [1.807, 2.05) is 24.3 Å². The van der Waals surface area contributed by atoms with E-state index in [1.165, 1.54) is 19.2 Å². The zero-order valence-corrected chi connectivity index (χ0v) is 27.5. The van der Waals surface area contributed by atoms with Crippen molar-refractivity contribution in [2.24, 2.45) is 0 Å². The van der Waals surface area contributed by atoms with Crippen LogP contribution < -0.4 is 19.5 Å². The molecular formula is C38H46FNO7. The summed E-state index contributed by atoms with van der Waals surface area (Å²) in [6.45, 7) is 4.56. The fraction of sp³-hybridized carbons (Fsp3) is 0.421. The Morgan fingerprint density at radius 2 is 1.49 bits per heavy atom. The van der Waals surface area contributed by atoms with Gasteiger partial charge in [-0.15, -0.1) is 0 Å². The molecule has 0 saturated carbocycles. The molecule has 5 rings (SSSR count). The molecule has 4 aromatic rings. The third-order valence-electron chi connectivity index (χ3n) is 8.36. The Morgan fingerprint density at radius 3 is 2.28 bits per heavy atom. The first-order valence-corrected chi connectivity index (χ1v) is 16.2. The molecule has 8 nitrogen and oxygen atoms in total.